The summed E-state index contributed by atoms with van der Waals surface area (Å²) >= 11 is 2.00. The Labute approximate surface area is 114 Å². The van der Waals surface area contributed by atoms with Gasteiger partial charge in [0.05, 0.1) is 11.4 Å². The van der Waals surface area contributed by atoms with E-state index in [2.05, 4.69) is 23.6 Å². The lowest BCUT2D eigenvalue weighted by atomic mass is 9.95. The van der Waals surface area contributed by atoms with E-state index in [0.29, 0.717) is 6.04 Å². The van der Waals surface area contributed by atoms with Gasteiger partial charge in [-0.15, -0.1) is 0 Å². The smallest absolute Gasteiger partial charge is 0.147 e. The van der Waals surface area contributed by atoms with Crippen molar-refractivity contribution in [2.24, 2.45) is 7.05 Å². The zero-order chi connectivity index (χ0) is 13.1. The van der Waals surface area contributed by atoms with E-state index in [1.54, 1.807) is 0 Å². The Morgan fingerprint density at radius 2 is 2.06 bits per heavy atom. The lowest BCUT2D eigenvalue weighted by Gasteiger charge is -2.28. The summed E-state index contributed by atoms with van der Waals surface area (Å²) in [6.07, 6.45) is 8.18. The number of aromatic nitrogens is 2. The molecule has 1 fully saturated rings. The topological polar surface area (TPSA) is 55.9 Å². The fourth-order valence-corrected chi connectivity index (χ4v) is 3.41. The molecular weight excluding hydrogens is 244 g/mol. The van der Waals surface area contributed by atoms with Crippen LogP contribution in [-0.4, -0.2) is 27.3 Å². The fraction of sp³-hybridized carbons (Fsp3) is 0.769. The molecule has 18 heavy (non-hydrogen) atoms. The monoisotopic (exact) mass is 268 g/mol. The molecule has 1 heterocycles. The van der Waals surface area contributed by atoms with Crippen molar-refractivity contribution in [3.05, 3.63) is 5.69 Å². The molecule has 102 valence electrons. The number of thioether (sulfide) groups is 1. The van der Waals surface area contributed by atoms with Crippen LogP contribution in [0.15, 0.2) is 0 Å². The number of hydrogen-bond acceptors (Lipinski definition) is 4. The minimum atomic E-state index is 0.552. The molecule has 0 amide bonds. The van der Waals surface area contributed by atoms with Crippen molar-refractivity contribution in [1.29, 1.82) is 0 Å². The molecule has 4 nitrogen and oxygen atoms in total. The third-order valence-corrected chi connectivity index (χ3v) is 4.98. The van der Waals surface area contributed by atoms with Gasteiger partial charge in [0.2, 0.25) is 0 Å². The highest BCUT2D eigenvalue weighted by Gasteiger charge is 2.22. The summed E-state index contributed by atoms with van der Waals surface area (Å²) in [6.45, 7) is 2.09. The molecule has 1 aromatic heterocycles. The molecule has 1 aromatic rings. The van der Waals surface area contributed by atoms with Crippen molar-refractivity contribution < 1.29 is 0 Å². The van der Waals surface area contributed by atoms with Gasteiger partial charge in [-0.1, -0.05) is 6.92 Å². The number of hydrogen-bond donors (Lipinski definition) is 2. The third kappa shape index (κ3) is 2.76. The Hall–Kier alpha value is -0.840. The van der Waals surface area contributed by atoms with Crippen molar-refractivity contribution in [1.82, 2.24) is 9.78 Å². The predicted octanol–water partition coefficient (Wildman–Crippen LogP) is 2.65. The molecule has 0 spiro atoms. The maximum absolute atomic E-state index is 6.14. The first-order valence-corrected chi connectivity index (χ1v) is 8.05. The average Bonchev–Trinajstić information content (AvgIpc) is 2.67. The van der Waals surface area contributed by atoms with E-state index in [0.717, 1.165) is 28.9 Å². The first kappa shape index (κ1) is 13.6. The van der Waals surface area contributed by atoms with Gasteiger partial charge in [-0.2, -0.15) is 16.9 Å². The first-order valence-electron chi connectivity index (χ1n) is 6.76. The van der Waals surface area contributed by atoms with Gasteiger partial charge >= 0.3 is 0 Å². The van der Waals surface area contributed by atoms with Crippen LogP contribution in [0.5, 0.6) is 0 Å². The summed E-state index contributed by atoms with van der Waals surface area (Å²) in [7, 11) is 1.96. The molecule has 5 heteroatoms. The number of nitrogens with one attached hydrogen (secondary N) is 1. The lowest BCUT2D eigenvalue weighted by molar-refractivity contribution is 0.470. The molecule has 1 aliphatic carbocycles. The van der Waals surface area contributed by atoms with Crippen molar-refractivity contribution >= 4 is 23.3 Å². The first-order chi connectivity index (χ1) is 8.65. The van der Waals surface area contributed by atoms with E-state index >= 15 is 0 Å². The van der Waals surface area contributed by atoms with Gasteiger partial charge in [0, 0.05) is 18.3 Å². The number of nitrogens with zero attached hydrogens (tertiary/aromatic N) is 2. The molecule has 0 atom stereocenters. The maximum Gasteiger partial charge on any atom is 0.147 e. The van der Waals surface area contributed by atoms with Crippen LogP contribution in [0, 0.1) is 0 Å². The highest BCUT2D eigenvalue weighted by Crippen LogP contribution is 2.30. The summed E-state index contributed by atoms with van der Waals surface area (Å²) in [5.41, 5.74) is 7.96. The number of nitrogen functional groups attached to an aromatic ring is 1. The summed E-state index contributed by atoms with van der Waals surface area (Å²) in [5.74, 6) is 0.999. The second-order valence-electron chi connectivity index (χ2n) is 5.04. The summed E-state index contributed by atoms with van der Waals surface area (Å²) < 4.78 is 1.88. The van der Waals surface area contributed by atoms with Gasteiger partial charge in [-0.05, 0) is 38.4 Å². The largest absolute Gasteiger partial charge is 0.394 e. The number of aryl methyl sites for hydroxylation is 2. The van der Waals surface area contributed by atoms with Gasteiger partial charge in [0.25, 0.3) is 0 Å². The number of anilines is 2. The Kier molecular flexibility index (Phi) is 4.43. The van der Waals surface area contributed by atoms with Gasteiger partial charge in [-0.25, -0.2) is 0 Å². The molecule has 0 saturated heterocycles. The molecular formula is C13H24N4S. The molecule has 3 N–H and O–H groups in total. The van der Waals surface area contributed by atoms with Gasteiger partial charge in [-0.3, -0.25) is 4.68 Å². The molecule has 2 rings (SSSR count). The van der Waals surface area contributed by atoms with Crippen LogP contribution in [-0.2, 0) is 13.5 Å². The molecule has 0 aromatic carbocycles. The predicted molar refractivity (Wildman–Crippen MR) is 80.2 cm³/mol. The zero-order valence-corrected chi connectivity index (χ0v) is 12.4. The summed E-state index contributed by atoms with van der Waals surface area (Å²) in [4.78, 5) is 0. The normalized spacial score (nSPS) is 24.2. The molecule has 1 aliphatic rings. The van der Waals surface area contributed by atoms with Crippen LogP contribution in [0.2, 0.25) is 0 Å². The van der Waals surface area contributed by atoms with E-state index in [1.165, 1.54) is 25.7 Å². The third-order valence-electron chi connectivity index (χ3n) is 3.84. The van der Waals surface area contributed by atoms with Crippen LogP contribution >= 0.6 is 11.8 Å². The zero-order valence-electron chi connectivity index (χ0n) is 11.6. The second kappa shape index (κ2) is 5.87. The van der Waals surface area contributed by atoms with Crippen LogP contribution in [0.3, 0.4) is 0 Å². The van der Waals surface area contributed by atoms with E-state index in [1.807, 2.05) is 23.5 Å². The van der Waals surface area contributed by atoms with Gasteiger partial charge < -0.3 is 11.1 Å². The van der Waals surface area contributed by atoms with Crippen molar-refractivity contribution in [3.63, 3.8) is 0 Å². The summed E-state index contributed by atoms with van der Waals surface area (Å²) in [6, 6.07) is 0.552. The van der Waals surface area contributed by atoms with Crippen LogP contribution in [0.4, 0.5) is 11.5 Å². The number of rotatable bonds is 4. The molecule has 0 unspecified atom stereocenters. The minimum absolute atomic E-state index is 0.552. The Morgan fingerprint density at radius 3 is 2.56 bits per heavy atom. The standard InChI is InChI=1S/C13H24N4S/c1-4-11-12(14)13(17(2)16-11)15-9-5-7-10(18-3)8-6-9/h9-10,15H,4-8,14H2,1-3H3. The fourth-order valence-electron chi connectivity index (χ4n) is 2.66. The van der Waals surface area contributed by atoms with E-state index < -0.39 is 0 Å². The molecule has 0 aliphatic heterocycles. The SMILES string of the molecule is CCc1nn(C)c(NC2CCC(SC)CC2)c1N. The van der Waals surface area contributed by atoms with Crippen LogP contribution in [0.1, 0.15) is 38.3 Å². The minimum Gasteiger partial charge on any atom is -0.394 e. The Balaban J connectivity index is 2.00. The Bertz CT molecular complexity index is 394. The molecule has 0 bridgehead atoms. The highest BCUT2D eigenvalue weighted by molar-refractivity contribution is 7.99. The maximum atomic E-state index is 6.14. The Morgan fingerprint density at radius 1 is 1.39 bits per heavy atom. The van der Waals surface area contributed by atoms with Crippen molar-refractivity contribution in [2.75, 3.05) is 17.3 Å². The molecule has 1 saturated carbocycles. The van der Waals surface area contributed by atoms with Crippen molar-refractivity contribution in [2.45, 2.75) is 50.3 Å². The number of nitrogens with two attached hydrogens (primary N) is 1. The highest BCUT2D eigenvalue weighted by atomic mass is 32.2. The summed E-state index contributed by atoms with van der Waals surface area (Å²) in [5, 5.41) is 8.88. The van der Waals surface area contributed by atoms with Gasteiger partial charge in [0.1, 0.15) is 5.82 Å². The van der Waals surface area contributed by atoms with Gasteiger partial charge in [0.15, 0.2) is 0 Å². The van der Waals surface area contributed by atoms with E-state index in [-0.39, 0.29) is 0 Å². The van der Waals surface area contributed by atoms with Crippen molar-refractivity contribution in [3.8, 4) is 0 Å². The lowest BCUT2D eigenvalue weighted by Crippen LogP contribution is -2.28. The van der Waals surface area contributed by atoms with E-state index in [4.69, 9.17) is 5.73 Å². The van der Waals surface area contributed by atoms with Crippen LogP contribution in [0.25, 0.3) is 0 Å². The quantitative estimate of drug-likeness (QED) is 0.881. The average molecular weight is 268 g/mol. The van der Waals surface area contributed by atoms with Crippen LogP contribution < -0.4 is 11.1 Å². The second-order valence-corrected chi connectivity index (χ2v) is 6.18. The molecule has 0 radical (unpaired) electrons. The van der Waals surface area contributed by atoms with E-state index in [9.17, 15) is 0 Å².